The molecule has 3 aromatic rings. The smallest absolute Gasteiger partial charge is 0.287 e. The summed E-state index contributed by atoms with van der Waals surface area (Å²) in [7, 11) is 0. The summed E-state index contributed by atoms with van der Waals surface area (Å²) >= 11 is 0. The summed E-state index contributed by atoms with van der Waals surface area (Å²) in [6.07, 6.45) is 1.72. The quantitative estimate of drug-likeness (QED) is 0.697. The average molecular weight is 392 g/mol. The fourth-order valence-corrected chi connectivity index (χ4v) is 3.56. The van der Waals surface area contributed by atoms with Crippen molar-refractivity contribution in [3.63, 3.8) is 0 Å². The number of rotatable bonds is 6. The maximum Gasteiger partial charge on any atom is 0.287 e. The number of benzene rings is 2. The van der Waals surface area contributed by atoms with Crippen molar-refractivity contribution >= 4 is 22.8 Å². The SMILES string of the molecule is O=C(NCC1CCN(C(=O)COc2ccccc2)CC1)c1cc2ccccc2o1. The topological polar surface area (TPSA) is 71.8 Å². The van der Waals surface area contributed by atoms with E-state index in [0.717, 1.165) is 18.2 Å². The number of nitrogens with zero attached hydrogens (tertiary/aromatic N) is 1. The van der Waals surface area contributed by atoms with E-state index in [1.54, 1.807) is 6.07 Å². The van der Waals surface area contributed by atoms with Crippen LogP contribution >= 0.6 is 0 Å². The molecule has 2 amide bonds. The first-order chi connectivity index (χ1) is 14.2. The monoisotopic (exact) mass is 392 g/mol. The summed E-state index contributed by atoms with van der Waals surface area (Å²) in [4.78, 5) is 26.5. The molecule has 0 aliphatic carbocycles. The van der Waals surface area contributed by atoms with Crippen LogP contribution in [0, 0.1) is 5.92 Å². The van der Waals surface area contributed by atoms with E-state index in [1.165, 1.54) is 0 Å². The number of likely N-dealkylation sites (tertiary alicyclic amines) is 1. The van der Waals surface area contributed by atoms with Gasteiger partial charge in [0.2, 0.25) is 0 Å². The Morgan fingerprint density at radius 3 is 2.52 bits per heavy atom. The first kappa shape index (κ1) is 19.1. The lowest BCUT2D eigenvalue weighted by Gasteiger charge is -2.32. The van der Waals surface area contributed by atoms with Crippen LogP contribution < -0.4 is 10.1 Å². The molecular weight excluding hydrogens is 368 g/mol. The molecule has 29 heavy (non-hydrogen) atoms. The van der Waals surface area contributed by atoms with E-state index in [9.17, 15) is 9.59 Å². The maximum absolute atomic E-state index is 12.4. The zero-order chi connectivity index (χ0) is 20.1. The van der Waals surface area contributed by atoms with Gasteiger partial charge in [-0.3, -0.25) is 9.59 Å². The maximum atomic E-state index is 12.4. The highest BCUT2D eigenvalue weighted by atomic mass is 16.5. The van der Waals surface area contributed by atoms with Crippen LogP contribution in [0.5, 0.6) is 5.75 Å². The lowest BCUT2D eigenvalue weighted by molar-refractivity contribution is -0.134. The van der Waals surface area contributed by atoms with E-state index in [1.807, 2.05) is 59.5 Å². The van der Waals surface area contributed by atoms with Crippen LogP contribution in [0.1, 0.15) is 23.4 Å². The molecule has 4 rings (SSSR count). The van der Waals surface area contributed by atoms with Gasteiger partial charge in [0, 0.05) is 25.0 Å². The molecule has 1 saturated heterocycles. The predicted molar refractivity (Wildman–Crippen MR) is 110 cm³/mol. The Morgan fingerprint density at radius 1 is 1.03 bits per heavy atom. The molecule has 2 aromatic carbocycles. The van der Waals surface area contributed by atoms with Gasteiger partial charge in [-0.25, -0.2) is 0 Å². The van der Waals surface area contributed by atoms with Gasteiger partial charge in [0.05, 0.1) is 0 Å². The summed E-state index contributed by atoms with van der Waals surface area (Å²) in [6, 6.07) is 18.7. The minimum atomic E-state index is -0.198. The van der Waals surface area contributed by atoms with Gasteiger partial charge in [0.1, 0.15) is 11.3 Å². The second-order valence-corrected chi connectivity index (χ2v) is 7.28. The summed E-state index contributed by atoms with van der Waals surface area (Å²) in [5.41, 5.74) is 0.710. The first-order valence-corrected chi connectivity index (χ1v) is 9.91. The fraction of sp³-hybridized carbons (Fsp3) is 0.304. The Kier molecular flexibility index (Phi) is 5.79. The molecule has 0 bridgehead atoms. The van der Waals surface area contributed by atoms with Crippen LogP contribution in [0.15, 0.2) is 65.1 Å². The molecule has 0 saturated carbocycles. The number of hydrogen-bond donors (Lipinski definition) is 1. The van der Waals surface area contributed by atoms with E-state index in [-0.39, 0.29) is 18.4 Å². The van der Waals surface area contributed by atoms with Crippen molar-refractivity contribution in [3.05, 3.63) is 66.4 Å². The van der Waals surface area contributed by atoms with Crippen LogP contribution in [0.4, 0.5) is 0 Å². The Bertz CT molecular complexity index is 942. The van der Waals surface area contributed by atoms with E-state index in [0.29, 0.717) is 42.6 Å². The number of carbonyl (C=O) groups is 2. The van der Waals surface area contributed by atoms with Gasteiger partial charge in [-0.05, 0) is 43.0 Å². The highest BCUT2D eigenvalue weighted by molar-refractivity contribution is 5.96. The lowest BCUT2D eigenvalue weighted by atomic mass is 9.96. The number of fused-ring (bicyclic) bond motifs is 1. The zero-order valence-electron chi connectivity index (χ0n) is 16.2. The molecule has 0 radical (unpaired) electrons. The van der Waals surface area contributed by atoms with E-state index in [4.69, 9.17) is 9.15 Å². The van der Waals surface area contributed by atoms with Crippen molar-refractivity contribution in [3.8, 4) is 5.75 Å². The number of furan rings is 1. The van der Waals surface area contributed by atoms with E-state index >= 15 is 0 Å². The zero-order valence-corrected chi connectivity index (χ0v) is 16.2. The highest BCUT2D eigenvalue weighted by Gasteiger charge is 2.24. The molecule has 0 spiro atoms. The van der Waals surface area contributed by atoms with Crippen LogP contribution in [-0.2, 0) is 4.79 Å². The van der Waals surface area contributed by atoms with Gasteiger partial charge in [-0.1, -0.05) is 36.4 Å². The van der Waals surface area contributed by atoms with Gasteiger partial charge >= 0.3 is 0 Å². The van der Waals surface area contributed by atoms with Crippen LogP contribution in [0.25, 0.3) is 11.0 Å². The van der Waals surface area contributed by atoms with Crippen molar-refractivity contribution in [1.29, 1.82) is 0 Å². The Morgan fingerprint density at radius 2 is 1.76 bits per heavy atom. The summed E-state index contributed by atoms with van der Waals surface area (Å²) < 4.78 is 11.1. The second kappa shape index (κ2) is 8.82. The number of hydrogen-bond acceptors (Lipinski definition) is 4. The molecule has 6 nitrogen and oxygen atoms in total. The third kappa shape index (κ3) is 4.77. The largest absolute Gasteiger partial charge is 0.484 e. The lowest BCUT2D eigenvalue weighted by Crippen LogP contribution is -2.43. The van der Waals surface area contributed by atoms with E-state index < -0.39 is 0 Å². The number of ether oxygens (including phenoxy) is 1. The van der Waals surface area contributed by atoms with Gasteiger partial charge in [0.15, 0.2) is 12.4 Å². The molecule has 6 heteroatoms. The normalized spacial score (nSPS) is 14.7. The van der Waals surface area contributed by atoms with Crippen molar-refractivity contribution in [2.24, 2.45) is 5.92 Å². The Labute approximate surface area is 169 Å². The number of nitrogens with one attached hydrogen (secondary N) is 1. The van der Waals surface area contributed by atoms with Crippen molar-refractivity contribution in [2.75, 3.05) is 26.2 Å². The minimum Gasteiger partial charge on any atom is -0.484 e. The van der Waals surface area contributed by atoms with Crippen molar-refractivity contribution in [2.45, 2.75) is 12.8 Å². The molecule has 0 unspecified atom stereocenters. The molecular formula is C23H24N2O4. The van der Waals surface area contributed by atoms with Gasteiger partial charge < -0.3 is 19.4 Å². The van der Waals surface area contributed by atoms with Gasteiger partial charge in [0.25, 0.3) is 11.8 Å². The highest BCUT2D eigenvalue weighted by Crippen LogP contribution is 2.20. The number of para-hydroxylation sites is 2. The van der Waals surface area contributed by atoms with Gasteiger partial charge in [-0.2, -0.15) is 0 Å². The summed E-state index contributed by atoms with van der Waals surface area (Å²) in [5.74, 6) is 1.18. The number of amides is 2. The molecule has 1 fully saturated rings. The standard InChI is InChI=1S/C23H24N2O4/c26-22(16-28-19-7-2-1-3-8-19)25-12-10-17(11-13-25)15-24-23(27)21-14-18-6-4-5-9-20(18)29-21/h1-9,14,17H,10-13,15-16H2,(H,24,27). The molecule has 0 atom stereocenters. The van der Waals surface area contributed by atoms with Gasteiger partial charge in [-0.15, -0.1) is 0 Å². The third-order valence-corrected chi connectivity index (χ3v) is 5.27. The van der Waals surface area contributed by atoms with E-state index in [2.05, 4.69) is 5.32 Å². The Hall–Kier alpha value is -3.28. The third-order valence-electron chi connectivity index (χ3n) is 5.27. The number of piperidine rings is 1. The molecule has 150 valence electrons. The average Bonchev–Trinajstić information content (AvgIpc) is 3.21. The first-order valence-electron chi connectivity index (χ1n) is 9.91. The molecule has 1 aromatic heterocycles. The number of carbonyl (C=O) groups excluding carboxylic acids is 2. The molecule has 1 N–H and O–H groups in total. The fourth-order valence-electron chi connectivity index (χ4n) is 3.56. The predicted octanol–water partition coefficient (Wildman–Crippen LogP) is 3.48. The van der Waals surface area contributed by atoms with Crippen molar-refractivity contribution in [1.82, 2.24) is 10.2 Å². The van der Waals surface area contributed by atoms with Crippen LogP contribution in [0.2, 0.25) is 0 Å². The van der Waals surface area contributed by atoms with Crippen molar-refractivity contribution < 1.29 is 18.7 Å². The van der Waals surface area contributed by atoms with Crippen LogP contribution in [-0.4, -0.2) is 43.0 Å². The molecule has 1 aliphatic rings. The summed E-state index contributed by atoms with van der Waals surface area (Å²) in [6.45, 7) is 2.00. The Balaban J connectivity index is 1.20. The van der Waals surface area contributed by atoms with Crippen LogP contribution in [0.3, 0.4) is 0 Å². The summed E-state index contributed by atoms with van der Waals surface area (Å²) in [5, 5.41) is 3.88. The second-order valence-electron chi connectivity index (χ2n) is 7.28. The molecule has 1 aliphatic heterocycles. The molecule has 2 heterocycles. The minimum absolute atomic E-state index is 0.00128.